The summed E-state index contributed by atoms with van der Waals surface area (Å²) in [5.74, 6) is -5.63. The molecule has 1 aromatic carbocycles. The maximum Gasteiger partial charge on any atom is 0.315 e. The van der Waals surface area contributed by atoms with Crippen molar-refractivity contribution in [3.05, 3.63) is 35.9 Å². The Morgan fingerprint density at radius 3 is 2.15 bits per heavy atom. The predicted molar refractivity (Wildman–Crippen MR) is 171 cm³/mol. The Balaban J connectivity index is 1.34. The lowest BCUT2D eigenvalue weighted by atomic mass is 9.76. The van der Waals surface area contributed by atoms with Crippen molar-refractivity contribution in [3.63, 3.8) is 0 Å². The summed E-state index contributed by atoms with van der Waals surface area (Å²) in [6.07, 6.45) is 1.93. The molecule has 47 heavy (non-hydrogen) atoms. The Morgan fingerprint density at radius 2 is 1.60 bits per heavy atom. The third kappa shape index (κ3) is 7.62. The van der Waals surface area contributed by atoms with Crippen molar-refractivity contribution in [1.82, 2.24) is 20.9 Å². The van der Waals surface area contributed by atoms with Gasteiger partial charge in [0.1, 0.15) is 12.1 Å². The van der Waals surface area contributed by atoms with Crippen molar-refractivity contribution >= 4 is 29.5 Å². The number of halogens is 2. The number of piperidine rings is 1. The van der Waals surface area contributed by atoms with Crippen LogP contribution in [0.15, 0.2) is 30.3 Å². The van der Waals surface area contributed by atoms with Crippen LogP contribution >= 0.6 is 0 Å². The molecule has 5 amide bonds. The lowest BCUT2D eigenvalue weighted by molar-refractivity contribution is -0.145. The molecule has 12 heteroatoms. The average Bonchev–Trinajstić information content (AvgIpc) is 3.84. The molecule has 4 fully saturated rings. The van der Waals surface area contributed by atoms with Gasteiger partial charge in [-0.1, -0.05) is 77.8 Å². The van der Waals surface area contributed by atoms with Crippen molar-refractivity contribution in [1.29, 1.82) is 0 Å². The Labute approximate surface area is 275 Å². The van der Waals surface area contributed by atoms with Crippen LogP contribution < -0.4 is 21.7 Å². The number of rotatable bonds is 11. The van der Waals surface area contributed by atoms with E-state index in [0.717, 1.165) is 18.4 Å². The zero-order valence-corrected chi connectivity index (χ0v) is 28.0. The molecule has 1 aliphatic heterocycles. The monoisotopic (exact) mass is 657 g/mol. The van der Waals surface area contributed by atoms with Gasteiger partial charge in [-0.15, -0.1) is 0 Å². The van der Waals surface area contributed by atoms with Gasteiger partial charge < -0.3 is 26.6 Å². The van der Waals surface area contributed by atoms with Gasteiger partial charge in [0.15, 0.2) is 0 Å². The molecule has 5 rings (SSSR count). The fourth-order valence-corrected chi connectivity index (χ4v) is 7.81. The Morgan fingerprint density at radius 1 is 0.979 bits per heavy atom. The number of nitrogens with one attached hydrogen (secondary N) is 3. The molecule has 3 saturated carbocycles. The molecule has 1 unspecified atom stereocenters. The van der Waals surface area contributed by atoms with Crippen LogP contribution in [0.4, 0.5) is 13.6 Å². The van der Waals surface area contributed by atoms with Crippen LogP contribution in [-0.2, 0) is 25.6 Å². The molecule has 0 radical (unpaired) electrons. The number of amides is 5. The van der Waals surface area contributed by atoms with Crippen molar-refractivity contribution < 1.29 is 32.8 Å². The van der Waals surface area contributed by atoms with Gasteiger partial charge in [-0.25, -0.2) is 13.6 Å². The van der Waals surface area contributed by atoms with Crippen molar-refractivity contribution in [2.45, 2.75) is 116 Å². The molecular formula is C35H49F2N5O5. The van der Waals surface area contributed by atoms with Crippen molar-refractivity contribution in [2.24, 2.45) is 34.3 Å². The number of nitrogens with two attached hydrogens (primary N) is 1. The first-order valence-electron chi connectivity index (χ1n) is 16.8. The number of ketones is 1. The maximum absolute atomic E-state index is 14.3. The second-order valence-electron chi connectivity index (χ2n) is 16.1. The van der Waals surface area contributed by atoms with Crippen LogP contribution in [0.5, 0.6) is 0 Å². The third-order valence-corrected chi connectivity index (χ3v) is 11.0. The largest absolute Gasteiger partial charge is 0.363 e. The van der Waals surface area contributed by atoms with Crippen LogP contribution in [0.1, 0.15) is 85.1 Å². The number of alkyl halides is 2. The van der Waals surface area contributed by atoms with E-state index in [1.165, 1.54) is 4.90 Å². The first kappa shape index (κ1) is 34.8. The minimum atomic E-state index is -2.80. The molecule has 0 spiro atoms. The molecule has 5 N–H and O–H groups in total. The van der Waals surface area contributed by atoms with E-state index in [1.54, 1.807) is 0 Å². The number of carbonyl (C=O) groups is 5. The van der Waals surface area contributed by atoms with Gasteiger partial charge in [-0.2, -0.15) is 0 Å². The van der Waals surface area contributed by atoms with E-state index in [2.05, 4.69) is 16.0 Å². The summed E-state index contributed by atoms with van der Waals surface area (Å²) in [5, 5.41) is 8.60. The number of Topliss-reactive ketones (excluding diaryl/α,β-unsaturated/α-hetero) is 1. The minimum absolute atomic E-state index is 0.0448. The molecule has 3 aliphatic carbocycles. The quantitative estimate of drug-likeness (QED) is 0.268. The number of fused-ring (bicyclic) bond motifs is 1. The van der Waals surface area contributed by atoms with Gasteiger partial charge in [0, 0.05) is 24.9 Å². The molecular weight excluding hydrogens is 608 g/mol. The van der Waals surface area contributed by atoms with Crippen molar-refractivity contribution in [3.8, 4) is 0 Å². The summed E-state index contributed by atoms with van der Waals surface area (Å²) in [4.78, 5) is 67.8. The highest BCUT2D eigenvalue weighted by Crippen LogP contribution is 2.65. The lowest BCUT2D eigenvalue weighted by Gasteiger charge is -2.42. The van der Waals surface area contributed by atoms with E-state index in [1.807, 2.05) is 65.0 Å². The van der Waals surface area contributed by atoms with E-state index >= 15 is 0 Å². The Hall–Kier alpha value is -3.57. The van der Waals surface area contributed by atoms with Crippen LogP contribution in [0.2, 0.25) is 0 Å². The van der Waals surface area contributed by atoms with E-state index in [-0.39, 0.29) is 48.9 Å². The first-order valence-corrected chi connectivity index (χ1v) is 16.8. The molecule has 1 saturated heterocycles. The van der Waals surface area contributed by atoms with E-state index in [9.17, 15) is 32.8 Å². The summed E-state index contributed by atoms with van der Waals surface area (Å²) in [6, 6.07) is 5.74. The highest BCUT2D eigenvalue weighted by atomic mass is 19.3. The molecule has 1 heterocycles. The van der Waals surface area contributed by atoms with Gasteiger partial charge in [0.25, 0.3) is 5.91 Å². The number of carbonyl (C=O) groups excluding carboxylic acids is 5. The van der Waals surface area contributed by atoms with E-state index < -0.39 is 64.5 Å². The first-order chi connectivity index (χ1) is 21.8. The smallest absolute Gasteiger partial charge is 0.315 e. The van der Waals surface area contributed by atoms with Crippen molar-refractivity contribution in [2.75, 3.05) is 6.54 Å². The number of hydrogen-bond acceptors (Lipinski definition) is 5. The van der Waals surface area contributed by atoms with Gasteiger partial charge >= 0.3 is 6.03 Å². The SMILES string of the molecule is CC(C)(C)[C@H](NC(=O)NC1(Cc2ccccc2)CCC(F)(F)CC1)C(=O)N1C[C@H]2[C@@H]([C@H]1C(=O)NC(CC1CC1)C(=O)C(N)=O)C2(C)C. The van der Waals surface area contributed by atoms with E-state index in [4.69, 9.17) is 5.73 Å². The summed E-state index contributed by atoms with van der Waals surface area (Å²) in [5.41, 5.74) is 4.28. The molecule has 0 aromatic heterocycles. The number of primary amides is 1. The second kappa shape index (κ2) is 12.5. The summed E-state index contributed by atoms with van der Waals surface area (Å²) < 4.78 is 28.5. The van der Waals surface area contributed by atoms with Gasteiger partial charge in [0.2, 0.25) is 23.5 Å². The molecule has 5 atom stereocenters. The number of urea groups is 1. The van der Waals surface area contributed by atoms with Crippen LogP contribution in [0, 0.1) is 28.6 Å². The predicted octanol–water partition coefficient (Wildman–Crippen LogP) is 3.71. The minimum Gasteiger partial charge on any atom is -0.363 e. The van der Waals surface area contributed by atoms with E-state index in [0.29, 0.717) is 19.4 Å². The zero-order valence-electron chi connectivity index (χ0n) is 28.0. The summed E-state index contributed by atoms with van der Waals surface area (Å²) in [6.45, 7) is 9.80. The highest BCUT2D eigenvalue weighted by molar-refractivity contribution is 6.37. The second-order valence-corrected chi connectivity index (χ2v) is 16.1. The average molecular weight is 658 g/mol. The Bertz CT molecular complexity index is 1400. The zero-order chi connectivity index (χ0) is 34.5. The molecule has 258 valence electrons. The number of likely N-dealkylation sites (tertiary alicyclic amines) is 1. The summed E-state index contributed by atoms with van der Waals surface area (Å²) in [7, 11) is 0. The maximum atomic E-state index is 14.3. The molecule has 10 nitrogen and oxygen atoms in total. The molecule has 0 bridgehead atoms. The fourth-order valence-electron chi connectivity index (χ4n) is 7.81. The van der Waals surface area contributed by atoms with Crippen LogP contribution in [0.25, 0.3) is 0 Å². The third-order valence-electron chi connectivity index (χ3n) is 11.0. The number of hydrogen-bond donors (Lipinski definition) is 4. The van der Waals surface area contributed by atoms with Crippen LogP contribution in [0.3, 0.4) is 0 Å². The molecule has 1 aromatic rings. The topological polar surface area (TPSA) is 151 Å². The fraction of sp³-hybridized carbons (Fsp3) is 0.686. The van der Waals surface area contributed by atoms with Gasteiger partial charge in [-0.3, -0.25) is 19.2 Å². The Kier molecular flexibility index (Phi) is 9.22. The van der Waals surface area contributed by atoms with Crippen LogP contribution in [-0.4, -0.2) is 70.6 Å². The normalized spacial score (nSPS) is 26.7. The lowest BCUT2D eigenvalue weighted by Crippen LogP contribution is -2.63. The molecule has 4 aliphatic rings. The van der Waals surface area contributed by atoms with Gasteiger partial charge in [-0.05, 0) is 59.8 Å². The summed E-state index contributed by atoms with van der Waals surface area (Å²) >= 11 is 0. The number of nitrogens with zero attached hydrogens (tertiary/aromatic N) is 1. The van der Waals surface area contributed by atoms with Gasteiger partial charge in [0.05, 0.1) is 6.04 Å². The number of benzene rings is 1. The highest BCUT2D eigenvalue weighted by Gasteiger charge is 2.70. The standard InChI is InChI=1S/C35H49F2N5O5/c1-32(2,3)27(40-31(47)41-34(13-15-35(36,37)16-14-34)18-21-9-7-6-8-10-21)30(46)42-19-22-24(33(22,4)5)25(42)29(45)39-23(17-20-11-12-20)26(43)28(38)44/h6-10,20,22-25,27H,11-19H2,1-5H3,(H2,38,44)(H,39,45)(H2,40,41,47)/t22-,23?,24-,25-,27+/m0/s1.